The summed E-state index contributed by atoms with van der Waals surface area (Å²) in [6.45, 7) is 3.96. The second kappa shape index (κ2) is 4.14. The molecule has 0 saturated heterocycles. The molecule has 2 heteroatoms. The van der Waals surface area contributed by atoms with Crippen molar-refractivity contribution in [2.75, 3.05) is 0 Å². The van der Waals surface area contributed by atoms with Crippen LogP contribution in [0.25, 0.3) is 21.7 Å². The van der Waals surface area contributed by atoms with Crippen LogP contribution in [0.2, 0.25) is 0 Å². The minimum absolute atomic E-state index is 0.150. The molecule has 1 N–H and O–H groups in total. The van der Waals surface area contributed by atoms with Crippen molar-refractivity contribution >= 4 is 21.7 Å². The Morgan fingerprint density at radius 2 is 1.72 bits per heavy atom. The first-order chi connectivity index (χ1) is 8.66. The molecule has 0 aliphatic heterocycles. The van der Waals surface area contributed by atoms with E-state index >= 15 is 0 Å². The van der Waals surface area contributed by atoms with E-state index in [1.165, 1.54) is 0 Å². The van der Waals surface area contributed by atoms with Gasteiger partial charge in [0, 0.05) is 10.8 Å². The predicted molar refractivity (Wildman–Crippen MR) is 73.5 cm³/mol. The number of benzene rings is 2. The van der Waals surface area contributed by atoms with Crippen molar-refractivity contribution in [3.05, 3.63) is 48.2 Å². The Morgan fingerprint density at radius 1 is 1.00 bits per heavy atom. The van der Waals surface area contributed by atoms with Crippen molar-refractivity contribution in [3.63, 3.8) is 0 Å². The average molecular weight is 240 g/mol. The van der Waals surface area contributed by atoms with Crippen molar-refractivity contribution in [3.8, 4) is 0 Å². The lowest BCUT2D eigenvalue weighted by molar-refractivity contribution is 0.105. The lowest BCUT2D eigenvalue weighted by Gasteiger charge is -2.10. The van der Waals surface area contributed by atoms with Gasteiger partial charge in [-0.1, -0.05) is 50.2 Å². The van der Waals surface area contributed by atoms with Crippen LogP contribution in [0.1, 0.15) is 25.7 Å². The summed E-state index contributed by atoms with van der Waals surface area (Å²) in [5, 5.41) is 13.4. The molecule has 0 aliphatic rings. The topological polar surface area (TPSA) is 33.4 Å². The van der Waals surface area contributed by atoms with Crippen LogP contribution in [-0.4, -0.2) is 5.11 Å². The summed E-state index contributed by atoms with van der Waals surface area (Å²) in [6, 6.07) is 14.2. The van der Waals surface area contributed by atoms with E-state index in [0.717, 1.165) is 21.7 Å². The Labute approximate surface area is 106 Å². The average Bonchev–Trinajstić information content (AvgIpc) is 2.81. The molecule has 0 amide bonds. The van der Waals surface area contributed by atoms with E-state index in [4.69, 9.17) is 4.42 Å². The van der Waals surface area contributed by atoms with E-state index in [9.17, 15) is 5.11 Å². The molecule has 18 heavy (non-hydrogen) atoms. The highest BCUT2D eigenvalue weighted by Gasteiger charge is 2.17. The largest absolute Gasteiger partial charge is 0.458 e. The smallest absolute Gasteiger partial charge is 0.142 e. The number of fused-ring (bicyclic) bond motifs is 3. The second-order valence-corrected chi connectivity index (χ2v) is 5.04. The number of hydrogen-bond donors (Lipinski definition) is 1. The van der Waals surface area contributed by atoms with E-state index in [1.54, 1.807) is 0 Å². The van der Waals surface area contributed by atoms with Gasteiger partial charge in [0.25, 0.3) is 0 Å². The van der Waals surface area contributed by atoms with Crippen molar-refractivity contribution in [2.45, 2.75) is 20.0 Å². The van der Waals surface area contributed by atoms with E-state index < -0.39 is 6.10 Å². The van der Waals surface area contributed by atoms with Gasteiger partial charge >= 0.3 is 0 Å². The van der Waals surface area contributed by atoms with Crippen LogP contribution >= 0.6 is 0 Å². The maximum Gasteiger partial charge on any atom is 0.142 e. The molecule has 0 spiro atoms. The van der Waals surface area contributed by atoms with Gasteiger partial charge in [0.15, 0.2) is 0 Å². The van der Waals surface area contributed by atoms with Gasteiger partial charge in [-0.25, -0.2) is 0 Å². The number of hydrogen-bond acceptors (Lipinski definition) is 2. The zero-order chi connectivity index (χ0) is 12.7. The van der Waals surface area contributed by atoms with Crippen molar-refractivity contribution in [2.24, 2.45) is 5.92 Å². The third kappa shape index (κ3) is 1.70. The first kappa shape index (κ1) is 11.3. The molecule has 0 saturated carbocycles. The SMILES string of the molecule is CC(C)C(O)c1cc2ccc3ccccc3c2o1. The van der Waals surface area contributed by atoms with Crippen LogP contribution in [0.5, 0.6) is 0 Å². The van der Waals surface area contributed by atoms with Crippen LogP contribution in [0.3, 0.4) is 0 Å². The zero-order valence-corrected chi connectivity index (χ0v) is 10.6. The minimum atomic E-state index is -0.545. The summed E-state index contributed by atoms with van der Waals surface area (Å²) in [6.07, 6.45) is -0.545. The van der Waals surface area contributed by atoms with E-state index in [2.05, 4.69) is 12.1 Å². The Kier molecular flexibility index (Phi) is 2.60. The van der Waals surface area contributed by atoms with Gasteiger partial charge in [-0.15, -0.1) is 0 Å². The molecule has 2 aromatic carbocycles. The Bertz CT molecular complexity index is 694. The van der Waals surface area contributed by atoms with Gasteiger partial charge in [-0.05, 0) is 17.4 Å². The molecule has 1 atom stereocenters. The molecular formula is C16H16O2. The Morgan fingerprint density at radius 3 is 2.50 bits per heavy atom. The fourth-order valence-corrected chi connectivity index (χ4v) is 2.26. The highest BCUT2D eigenvalue weighted by Crippen LogP contribution is 2.32. The van der Waals surface area contributed by atoms with Gasteiger partial charge in [0.05, 0.1) is 0 Å². The van der Waals surface area contributed by atoms with Crippen molar-refractivity contribution in [1.82, 2.24) is 0 Å². The van der Waals surface area contributed by atoms with Crippen LogP contribution < -0.4 is 0 Å². The number of rotatable bonds is 2. The summed E-state index contributed by atoms with van der Waals surface area (Å²) in [5.41, 5.74) is 0.864. The first-order valence-electron chi connectivity index (χ1n) is 6.26. The molecular weight excluding hydrogens is 224 g/mol. The Hall–Kier alpha value is -1.80. The van der Waals surface area contributed by atoms with Gasteiger partial charge in [0.2, 0.25) is 0 Å². The molecule has 3 rings (SSSR count). The predicted octanol–water partition coefficient (Wildman–Crippen LogP) is 4.28. The summed E-state index contributed by atoms with van der Waals surface area (Å²) < 4.78 is 5.85. The second-order valence-electron chi connectivity index (χ2n) is 5.04. The van der Waals surface area contributed by atoms with Gasteiger partial charge in [-0.3, -0.25) is 0 Å². The number of aliphatic hydroxyl groups excluding tert-OH is 1. The molecule has 1 heterocycles. The molecule has 2 nitrogen and oxygen atoms in total. The van der Waals surface area contributed by atoms with Crippen molar-refractivity contribution < 1.29 is 9.52 Å². The molecule has 92 valence electrons. The van der Waals surface area contributed by atoms with Gasteiger partial charge < -0.3 is 9.52 Å². The van der Waals surface area contributed by atoms with Crippen LogP contribution in [-0.2, 0) is 0 Å². The number of furan rings is 1. The third-order valence-electron chi connectivity index (χ3n) is 3.35. The molecule has 1 unspecified atom stereocenters. The zero-order valence-electron chi connectivity index (χ0n) is 10.6. The molecule has 0 bridgehead atoms. The third-order valence-corrected chi connectivity index (χ3v) is 3.35. The lowest BCUT2D eigenvalue weighted by Crippen LogP contribution is -2.03. The van der Waals surface area contributed by atoms with Crippen molar-refractivity contribution in [1.29, 1.82) is 0 Å². The number of aliphatic hydroxyl groups is 1. The minimum Gasteiger partial charge on any atom is -0.458 e. The highest BCUT2D eigenvalue weighted by atomic mass is 16.4. The lowest BCUT2D eigenvalue weighted by atomic mass is 10.0. The van der Waals surface area contributed by atoms with E-state index in [1.807, 2.05) is 44.2 Å². The Balaban J connectivity index is 2.26. The first-order valence-corrected chi connectivity index (χ1v) is 6.26. The molecule has 0 fully saturated rings. The van der Waals surface area contributed by atoms with E-state index in [-0.39, 0.29) is 5.92 Å². The maximum atomic E-state index is 10.1. The fourth-order valence-electron chi connectivity index (χ4n) is 2.26. The van der Waals surface area contributed by atoms with Crippen LogP contribution in [0.4, 0.5) is 0 Å². The van der Waals surface area contributed by atoms with Crippen LogP contribution in [0.15, 0.2) is 46.9 Å². The summed E-state index contributed by atoms with van der Waals surface area (Å²) >= 11 is 0. The van der Waals surface area contributed by atoms with Gasteiger partial charge in [-0.2, -0.15) is 0 Å². The summed E-state index contributed by atoms with van der Waals surface area (Å²) in [7, 11) is 0. The normalized spacial score (nSPS) is 13.6. The molecule has 1 aromatic heterocycles. The molecule has 3 aromatic rings. The highest BCUT2D eigenvalue weighted by molar-refractivity contribution is 6.04. The summed E-state index contributed by atoms with van der Waals surface area (Å²) in [5.74, 6) is 0.799. The molecule has 0 aliphatic carbocycles. The summed E-state index contributed by atoms with van der Waals surface area (Å²) in [4.78, 5) is 0. The standard InChI is InChI=1S/C16H16O2/c1-10(2)15(17)14-9-12-8-7-11-5-3-4-6-13(11)16(12)18-14/h3-10,15,17H,1-2H3. The van der Waals surface area contributed by atoms with Gasteiger partial charge in [0.1, 0.15) is 17.4 Å². The quantitative estimate of drug-likeness (QED) is 0.725. The van der Waals surface area contributed by atoms with Crippen LogP contribution in [0, 0.1) is 5.92 Å². The molecule has 0 radical (unpaired) electrons. The monoisotopic (exact) mass is 240 g/mol. The fraction of sp³-hybridized carbons (Fsp3) is 0.250. The van der Waals surface area contributed by atoms with E-state index in [0.29, 0.717) is 5.76 Å². The maximum absolute atomic E-state index is 10.1.